The smallest absolute Gasteiger partial charge is 0.191 e. The van der Waals surface area contributed by atoms with Crippen molar-refractivity contribution < 1.29 is 0 Å². The van der Waals surface area contributed by atoms with Crippen molar-refractivity contribution in [2.24, 2.45) is 10.9 Å². The van der Waals surface area contributed by atoms with Crippen LogP contribution in [0.25, 0.3) is 0 Å². The van der Waals surface area contributed by atoms with Crippen molar-refractivity contribution in [3.8, 4) is 0 Å². The number of halogens is 1. The number of hydrogen-bond acceptors (Lipinski definition) is 3. The molecule has 2 N–H and O–H groups in total. The summed E-state index contributed by atoms with van der Waals surface area (Å²) >= 11 is 1.82. The number of thiophene rings is 1. The van der Waals surface area contributed by atoms with Crippen LogP contribution in [0.4, 0.5) is 0 Å². The Morgan fingerprint density at radius 1 is 1.42 bits per heavy atom. The lowest BCUT2D eigenvalue weighted by Crippen LogP contribution is -2.39. The van der Waals surface area contributed by atoms with Gasteiger partial charge in [0, 0.05) is 30.7 Å². The van der Waals surface area contributed by atoms with E-state index in [1.54, 1.807) is 0 Å². The molecule has 2 aromatic heterocycles. The van der Waals surface area contributed by atoms with Crippen LogP contribution in [0.15, 0.2) is 34.9 Å². The summed E-state index contributed by atoms with van der Waals surface area (Å²) in [4.78, 5) is 6.13. The van der Waals surface area contributed by atoms with Gasteiger partial charge in [0.05, 0.1) is 12.7 Å². The fourth-order valence-electron chi connectivity index (χ4n) is 2.30. The van der Waals surface area contributed by atoms with Crippen LogP contribution in [0.3, 0.4) is 0 Å². The average molecular weight is 461 g/mol. The Hall–Kier alpha value is -1.09. The molecule has 5 nitrogen and oxygen atoms in total. The lowest BCUT2D eigenvalue weighted by molar-refractivity contribution is 0.582. The minimum Gasteiger partial charge on any atom is -0.357 e. The molecule has 0 aliphatic rings. The molecule has 2 rings (SSSR count). The van der Waals surface area contributed by atoms with Gasteiger partial charge in [0.25, 0.3) is 0 Å². The highest BCUT2D eigenvalue weighted by Crippen LogP contribution is 2.14. The molecule has 0 amide bonds. The third-order valence-electron chi connectivity index (χ3n) is 3.43. The third kappa shape index (κ3) is 7.65. The van der Waals surface area contributed by atoms with Gasteiger partial charge in [0.2, 0.25) is 0 Å². The zero-order valence-corrected chi connectivity index (χ0v) is 17.8. The maximum absolute atomic E-state index is 4.70. The minimum atomic E-state index is 0. The van der Waals surface area contributed by atoms with Gasteiger partial charge in [-0.05, 0) is 43.2 Å². The van der Waals surface area contributed by atoms with E-state index in [-0.39, 0.29) is 24.0 Å². The topological polar surface area (TPSA) is 54.2 Å². The molecule has 134 valence electrons. The number of guanidine groups is 1. The molecule has 0 saturated heterocycles. The molecular weight excluding hydrogens is 433 g/mol. The summed E-state index contributed by atoms with van der Waals surface area (Å²) in [5.74, 6) is 1.42. The van der Waals surface area contributed by atoms with Crippen LogP contribution >= 0.6 is 35.3 Å². The van der Waals surface area contributed by atoms with Gasteiger partial charge < -0.3 is 10.6 Å². The van der Waals surface area contributed by atoms with Gasteiger partial charge >= 0.3 is 0 Å². The van der Waals surface area contributed by atoms with E-state index >= 15 is 0 Å². The van der Waals surface area contributed by atoms with E-state index in [0.29, 0.717) is 5.92 Å². The fourth-order valence-corrected chi connectivity index (χ4v) is 3.17. The number of aromatic nitrogens is 2. The summed E-state index contributed by atoms with van der Waals surface area (Å²) in [6.45, 7) is 9.73. The van der Waals surface area contributed by atoms with Crippen LogP contribution in [0.5, 0.6) is 0 Å². The van der Waals surface area contributed by atoms with Crippen LogP contribution < -0.4 is 10.6 Å². The standard InChI is InChI=1S/C17H27N5S.HI/c1-4-18-17(19-7-8-22-13-15(3)12-21-22)20-11-14(2)10-16-6-5-9-23-16;/h5-6,9,12-14H,4,7-8,10-11H2,1-3H3,(H2,18,19,20);1H. The minimum absolute atomic E-state index is 0. The third-order valence-corrected chi connectivity index (χ3v) is 4.33. The van der Waals surface area contributed by atoms with Crippen molar-refractivity contribution in [1.29, 1.82) is 0 Å². The zero-order valence-electron chi connectivity index (χ0n) is 14.7. The summed E-state index contributed by atoms with van der Waals surface area (Å²) in [7, 11) is 0. The molecule has 0 aliphatic carbocycles. The first-order chi connectivity index (χ1) is 11.2. The second-order valence-corrected chi connectivity index (χ2v) is 6.85. The highest BCUT2D eigenvalue weighted by atomic mass is 127. The Balaban J connectivity index is 0.00000288. The van der Waals surface area contributed by atoms with E-state index in [1.165, 1.54) is 10.4 Å². The van der Waals surface area contributed by atoms with E-state index < -0.39 is 0 Å². The molecule has 1 atom stereocenters. The second kappa shape index (κ2) is 11.5. The van der Waals surface area contributed by atoms with Crippen molar-refractivity contribution >= 4 is 41.3 Å². The number of hydrogen-bond donors (Lipinski definition) is 2. The van der Waals surface area contributed by atoms with Crippen LogP contribution in [0.1, 0.15) is 24.3 Å². The predicted molar refractivity (Wildman–Crippen MR) is 114 cm³/mol. The predicted octanol–water partition coefficient (Wildman–Crippen LogP) is 3.30. The van der Waals surface area contributed by atoms with E-state index in [4.69, 9.17) is 4.99 Å². The average Bonchev–Trinajstić information content (AvgIpc) is 3.16. The SMILES string of the molecule is CCNC(=NCC(C)Cc1cccs1)NCCn1cc(C)cn1.I. The first-order valence-corrected chi connectivity index (χ1v) is 9.09. The van der Waals surface area contributed by atoms with Gasteiger partial charge in [-0.25, -0.2) is 0 Å². The molecule has 0 spiro atoms. The Labute approximate surface area is 166 Å². The molecule has 0 aliphatic heterocycles. The Kier molecular flexibility index (Phi) is 10.0. The van der Waals surface area contributed by atoms with E-state index in [2.05, 4.69) is 60.2 Å². The van der Waals surface area contributed by atoms with Crippen molar-refractivity contribution in [2.45, 2.75) is 33.7 Å². The summed E-state index contributed by atoms with van der Waals surface area (Å²) in [6.07, 6.45) is 5.02. The molecule has 0 aromatic carbocycles. The van der Waals surface area contributed by atoms with Crippen LogP contribution in [0.2, 0.25) is 0 Å². The van der Waals surface area contributed by atoms with Gasteiger partial charge in [-0.2, -0.15) is 5.10 Å². The van der Waals surface area contributed by atoms with Gasteiger partial charge in [-0.1, -0.05) is 13.0 Å². The van der Waals surface area contributed by atoms with Crippen molar-refractivity contribution in [3.63, 3.8) is 0 Å². The monoisotopic (exact) mass is 461 g/mol. The lowest BCUT2D eigenvalue weighted by atomic mass is 10.1. The molecule has 2 heterocycles. The second-order valence-electron chi connectivity index (χ2n) is 5.82. The molecule has 2 aromatic rings. The van der Waals surface area contributed by atoms with Crippen molar-refractivity contribution in [1.82, 2.24) is 20.4 Å². The quantitative estimate of drug-likeness (QED) is 0.361. The first kappa shape index (κ1) is 21.0. The Morgan fingerprint density at radius 2 is 2.25 bits per heavy atom. The van der Waals surface area contributed by atoms with Crippen LogP contribution in [0, 0.1) is 12.8 Å². The molecule has 0 bridgehead atoms. The summed E-state index contributed by atoms with van der Waals surface area (Å²) in [6, 6.07) is 4.30. The van der Waals surface area contributed by atoms with Crippen molar-refractivity contribution in [3.05, 3.63) is 40.3 Å². The van der Waals surface area contributed by atoms with Gasteiger partial charge in [-0.15, -0.1) is 35.3 Å². The number of nitrogens with one attached hydrogen (secondary N) is 2. The van der Waals surface area contributed by atoms with Gasteiger partial charge in [-0.3, -0.25) is 9.67 Å². The van der Waals surface area contributed by atoms with Gasteiger partial charge in [0.15, 0.2) is 5.96 Å². The molecule has 24 heavy (non-hydrogen) atoms. The number of nitrogens with zero attached hydrogens (tertiary/aromatic N) is 3. The molecule has 1 unspecified atom stereocenters. The van der Waals surface area contributed by atoms with Gasteiger partial charge in [0.1, 0.15) is 0 Å². The first-order valence-electron chi connectivity index (χ1n) is 8.21. The van der Waals surface area contributed by atoms with E-state index in [9.17, 15) is 0 Å². The Bertz CT molecular complexity index is 594. The molecular formula is C17H28IN5S. The van der Waals surface area contributed by atoms with E-state index in [0.717, 1.165) is 38.6 Å². The number of aryl methyl sites for hydroxylation is 1. The van der Waals surface area contributed by atoms with Crippen molar-refractivity contribution in [2.75, 3.05) is 19.6 Å². The summed E-state index contributed by atoms with van der Waals surface area (Å²) < 4.78 is 1.95. The maximum Gasteiger partial charge on any atom is 0.191 e. The van der Waals surface area contributed by atoms with Crippen LogP contribution in [-0.4, -0.2) is 35.4 Å². The highest BCUT2D eigenvalue weighted by molar-refractivity contribution is 14.0. The summed E-state index contributed by atoms with van der Waals surface area (Å²) in [5, 5.41) is 13.1. The number of aliphatic imine (C=N–C) groups is 1. The Morgan fingerprint density at radius 3 is 2.88 bits per heavy atom. The fraction of sp³-hybridized carbons (Fsp3) is 0.529. The highest BCUT2D eigenvalue weighted by Gasteiger charge is 2.05. The molecule has 7 heteroatoms. The lowest BCUT2D eigenvalue weighted by Gasteiger charge is -2.13. The largest absolute Gasteiger partial charge is 0.357 e. The van der Waals surface area contributed by atoms with Crippen LogP contribution in [-0.2, 0) is 13.0 Å². The maximum atomic E-state index is 4.70. The normalized spacial score (nSPS) is 12.5. The molecule has 0 fully saturated rings. The zero-order chi connectivity index (χ0) is 16.5. The summed E-state index contributed by atoms with van der Waals surface area (Å²) in [5.41, 5.74) is 1.19. The molecule has 0 radical (unpaired) electrons. The molecule has 0 saturated carbocycles. The van der Waals surface area contributed by atoms with E-state index in [1.807, 2.05) is 22.2 Å². The number of rotatable bonds is 8.